The summed E-state index contributed by atoms with van der Waals surface area (Å²) in [5, 5.41) is 4.65. The van der Waals surface area contributed by atoms with Gasteiger partial charge < -0.3 is 5.32 Å². The Morgan fingerprint density at radius 2 is 1.95 bits per heavy atom. The summed E-state index contributed by atoms with van der Waals surface area (Å²) in [7, 11) is 0. The minimum Gasteiger partial charge on any atom is -0.307 e. The van der Waals surface area contributed by atoms with Crippen LogP contribution in [0.2, 0.25) is 0 Å². The molecule has 1 N–H and O–H groups in total. The van der Waals surface area contributed by atoms with Crippen LogP contribution in [0.1, 0.15) is 38.3 Å². The molecule has 1 aromatic heterocycles. The molecule has 2 aromatic rings. The van der Waals surface area contributed by atoms with E-state index in [4.69, 9.17) is 4.98 Å². The number of rotatable bonds is 4. The summed E-state index contributed by atoms with van der Waals surface area (Å²) in [6, 6.07) is 8.27. The molecule has 0 aliphatic heterocycles. The van der Waals surface area contributed by atoms with Crippen LogP contribution in [0.15, 0.2) is 28.7 Å². The summed E-state index contributed by atoms with van der Waals surface area (Å²) in [6.07, 6.45) is 0.974. The normalized spacial score (nSPS) is 11.8. The average molecular weight is 353 g/mol. The van der Waals surface area contributed by atoms with Gasteiger partial charge in [0.1, 0.15) is 5.01 Å². The molecule has 0 unspecified atom stereocenters. The highest BCUT2D eigenvalue weighted by Crippen LogP contribution is 2.33. The molecule has 0 amide bonds. The topological polar surface area (TPSA) is 24.9 Å². The van der Waals surface area contributed by atoms with Gasteiger partial charge in [0, 0.05) is 27.0 Å². The Kier molecular flexibility index (Phi) is 4.99. The van der Waals surface area contributed by atoms with Crippen molar-refractivity contribution in [2.75, 3.05) is 0 Å². The number of nitrogens with one attached hydrogen (secondary N) is 1. The fourth-order valence-corrected chi connectivity index (χ4v) is 3.63. The number of thiazole rings is 1. The number of nitrogens with zero attached hydrogens (tertiary/aromatic N) is 1. The van der Waals surface area contributed by atoms with Crippen molar-refractivity contribution in [3.8, 4) is 10.6 Å². The Hall–Kier alpha value is -0.710. The zero-order valence-electron chi connectivity index (χ0n) is 12.5. The fraction of sp³-hybridized carbons (Fsp3) is 0.438. The van der Waals surface area contributed by atoms with Gasteiger partial charge in [0.2, 0.25) is 0 Å². The molecule has 0 aliphatic rings. The number of hydrogen-bond donors (Lipinski definition) is 1. The van der Waals surface area contributed by atoms with Crippen LogP contribution in [0, 0.1) is 0 Å². The van der Waals surface area contributed by atoms with Gasteiger partial charge in [-0.25, -0.2) is 4.98 Å². The van der Waals surface area contributed by atoms with E-state index in [1.807, 2.05) is 6.07 Å². The highest BCUT2D eigenvalue weighted by Gasteiger charge is 2.15. The molecule has 4 heteroatoms. The lowest BCUT2D eigenvalue weighted by Gasteiger charge is -2.20. The Balaban J connectivity index is 2.29. The lowest BCUT2D eigenvalue weighted by Crippen LogP contribution is -2.35. The van der Waals surface area contributed by atoms with Crippen molar-refractivity contribution >= 4 is 27.3 Å². The number of aryl methyl sites for hydroxylation is 1. The third-order valence-corrected chi connectivity index (χ3v) is 4.82. The third kappa shape index (κ3) is 3.90. The van der Waals surface area contributed by atoms with Crippen LogP contribution in [0.4, 0.5) is 0 Å². The molecule has 2 rings (SSSR count). The molecule has 1 aromatic carbocycles. The van der Waals surface area contributed by atoms with E-state index in [-0.39, 0.29) is 5.54 Å². The molecule has 108 valence electrons. The third-order valence-electron chi connectivity index (χ3n) is 3.00. The second kappa shape index (κ2) is 6.37. The standard InChI is InChI=1S/C16H21BrN2S/c1-5-13-14(10-18-16(2,3)4)20-15(19-13)11-8-6-7-9-12(11)17/h6-9,18H,5,10H2,1-4H3. The van der Waals surface area contributed by atoms with E-state index >= 15 is 0 Å². The van der Waals surface area contributed by atoms with Crippen LogP contribution in [-0.4, -0.2) is 10.5 Å². The van der Waals surface area contributed by atoms with Gasteiger partial charge in [-0.05, 0) is 33.3 Å². The van der Waals surface area contributed by atoms with Crippen molar-refractivity contribution in [1.29, 1.82) is 0 Å². The maximum atomic E-state index is 4.81. The Labute approximate surface area is 133 Å². The number of benzene rings is 1. The molecule has 0 aliphatic carbocycles. The first-order valence-corrected chi connectivity index (χ1v) is 8.50. The number of halogens is 1. The predicted molar refractivity (Wildman–Crippen MR) is 91.2 cm³/mol. The van der Waals surface area contributed by atoms with Gasteiger partial charge >= 0.3 is 0 Å². The molecular formula is C16H21BrN2S. The quantitative estimate of drug-likeness (QED) is 0.835. The van der Waals surface area contributed by atoms with Crippen LogP contribution in [0.3, 0.4) is 0 Å². The highest BCUT2D eigenvalue weighted by atomic mass is 79.9. The van der Waals surface area contributed by atoms with E-state index in [1.54, 1.807) is 11.3 Å². The van der Waals surface area contributed by atoms with Gasteiger partial charge in [0.25, 0.3) is 0 Å². The van der Waals surface area contributed by atoms with E-state index in [0.717, 1.165) is 22.4 Å². The summed E-state index contributed by atoms with van der Waals surface area (Å²) < 4.78 is 1.10. The molecule has 20 heavy (non-hydrogen) atoms. The smallest absolute Gasteiger partial charge is 0.125 e. The largest absolute Gasteiger partial charge is 0.307 e. The van der Waals surface area contributed by atoms with Gasteiger partial charge in [0.15, 0.2) is 0 Å². The van der Waals surface area contributed by atoms with Gasteiger partial charge in [-0.3, -0.25) is 0 Å². The van der Waals surface area contributed by atoms with Crippen molar-refractivity contribution in [3.05, 3.63) is 39.3 Å². The average Bonchev–Trinajstić information content (AvgIpc) is 2.79. The Morgan fingerprint density at radius 3 is 2.55 bits per heavy atom. The summed E-state index contributed by atoms with van der Waals surface area (Å²) in [5.74, 6) is 0. The van der Waals surface area contributed by atoms with Gasteiger partial charge in [-0.2, -0.15) is 0 Å². The molecule has 0 fully saturated rings. The second-order valence-electron chi connectivity index (χ2n) is 5.83. The van der Waals surface area contributed by atoms with Crippen LogP contribution < -0.4 is 5.32 Å². The fourth-order valence-electron chi connectivity index (χ4n) is 1.89. The highest BCUT2D eigenvalue weighted by molar-refractivity contribution is 9.10. The van der Waals surface area contributed by atoms with E-state index < -0.39 is 0 Å². The van der Waals surface area contributed by atoms with Crippen molar-refractivity contribution in [2.45, 2.75) is 46.2 Å². The molecule has 0 spiro atoms. The first-order chi connectivity index (χ1) is 9.40. The molecule has 0 saturated carbocycles. The summed E-state index contributed by atoms with van der Waals surface area (Å²) in [4.78, 5) is 6.15. The lowest BCUT2D eigenvalue weighted by atomic mass is 10.1. The maximum Gasteiger partial charge on any atom is 0.125 e. The van der Waals surface area contributed by atoms with Crippen LogP contribution in [0.5, 0.6) is 0 Å². The van der Waals surface area contributed by atoms with Crippen LogP contribution >= 0.6 is 27.3 Å². The Bertz CT molecular complexity index is 584. The van der Waals surface area contributed by atoms with Crippen molar-refractivity contribution < 1.29 is 0 Å². The van der Waals surface area contributed by atoms with Gasteiger partial charge in [0.05, 0.1) is 5.69 Å². The van der Waals surface area contributed by atoms with E-state index in [1.165, 1.54) is 16.1 Å². The van der Waals surface area contributed by atoms with Gasteiger partial charge in [-0.1, -0.05) is 41.1 Å². The van der Waals surface area contributed by atoms with Crippen molar-refractivity contribution in [2.24, 2.45) is 0 Å². The van der Waals surface area contributed by atoms with Crippen LogP contribution in [0.25, 0.3) is 10.6 Å². The zero-order chi connectivity index (χ0) is 14.8. The maximum absolute atomic E-state index is 4.81. The minimum atomic E-state index is 0.127. The van der Waals surface area contributed by atoms with Gasteiger partial charge in [-0.15, -0.1) is 11.3 Å². The lowest BCUT2D eigenvalue weighted by molar-refractivity contribution is 0.425. The van der Waals surface area contributed by atoms with Crippen LogP contribution in [-0.2, 0) is 13.0 Å². The predicted octanol–water partition coefficient (Wildman–Crippen LogP) is 5.02. The summed E-state index contributed by atoms with van der Waals surface area (Å²) in [6.45, 7) is 9.62. The summed E-state index contributed by atoms with van der Waals surface area (Å²) >= 11 is 5.40. The number of aromatic nitrogens is 1. The molecule has 1 heterocycles. The van der Waals surface area contributed by atoms with E-state index in [9.17, 15) is 0 Å². The first kappa shape index (κ1) is 15.7. The second-order valence-corrected chi connectivity index (χ2v) is 7.76. The Morgan fingerprint density at radius 1 is 1.25 bits per heavy atom. The molecular weight excluding hydrogens is 332 g/mol. The van der Waals surface area contributed by atoms with E-state index in [0.29, 0.717) is 0 Å². The summed E-state index contributed by atoms with van der Waals surface area (Å²) in [5.41, 5.74) is 2.51. The monoisotopic (exact) mass is 352 g/mol. The molecule has 2 nitrogen and oxygen atoms in total. The molecule has 0 bridgehead atoms. The first-order valence-electron chi connectivity index (χ1n) is 6.89. The van der Waals surface area contributed by atoms with E-state index in [2.05, 4.69) is 67.1 Å². The SMILES string of the molecule is CCc1nc(-c2ccccc2Br)sc1CNC(C)(C)C. The zero-order valence-corrected chi connectivity index (χ0v) is 14.9. The van der Waals surface area contributed by atoms with Crippen molar-refractivity contribution in [3.63, 3.8) is 0 Å². The molecule has 0 saturated heterocycles. The number of hydrogen-bond acceptors (Lipinski definition) is 3. The molecule has 0 radical (unpaired) electrons. The van der Waals surface area contributed by atoms with Crippen molar-refractivity contribution in [1.82, 2.24) is 10.3 Å². The molecule has 0 atom stereocenters. The minimum absolute atomic E-state index is 0.127.